The first-order valence-corrected chi connectivity index (χ1v) is 11.6. The van der Waals surface area contributed by atoms with E-state index in [9.17, 15) is 9.18 Å². The van der Waals surface area contributed by atoms with Crippen LogP contribution < -0.4 is 15.5 Å². The minimum absolute atomic E-state index is 0.0701. The SMILES string of the molecule is O=C(Nc1ncns1)C1CC(F)CN1c1nc2c(c(Nc3cc(C4CC4)[nH]n3)n1)CCC2. The molecular formula is C20H22FN9OS. The number of nitrogens with one attached hydrogen (secondary N) is 3. The van der Waals surface area contributed by atoms with Crippen molar-refractivity contribution in [1.29, 1.82) is 0 Å². The van der Waals surface area contributed by atoms with E-state index < -0.39 is 12.2 Å². The van der Waals surface area contributed by atoms with E-state index in [1.54, 1.807) is 4.90 Å². The van der Waals surface area contributed by atoms with E-state index in [-0.39, 0.29) is 18.9 Å². The van der Waals surface area contributed by atoms with Crippen LogP contribution in [0.2, 0.25) is 0 Å². The first-order valence-electron chi connectivity index (χ1n) is 10.8. The minimum atomic E-state index is -1.14. The normalized spacial score (nSPS) is 22.2. The topological polar surface area (TPSA) is 125 Å². The molecular weight excluding hydrogens is 433 g/mol. The number of anilines is 4. The molecule has 10 nitrogen and oxygen atoms in total. The minimum Gasteiger partial charge on any atom is -0.326 e. The van der Waals surface area contributed by atoms with Crippen LogP contribution in [0.4, 0.5) is 27.1 Å². The first kappa shape index (κ1) is 19.5. The van der Waals surface area contributed by atoms with Crippen molar-refractivity contribution in [2.24, 2.45) is 0 Å². The second-order valence-corrected chi connectivity index (χ2v) is 9.28. The Balaban J connectivity index is 1.29. The molecule has 0 radical (unpaired) electrons. The van der Waals surface area contributed by atoms with Crippen molar-refractivity contribution in [2.75, 3.05) is 22.1 Å². The van der Waals surface area contributed by atoms with Gasteiger partial charge in [0.2, 0.25) is 17.0 Å². The average molecular weight is 456 g/mol. The molecule has 1 amide bonds. The molecule has 1 saturated heterocycles. The van der Waals surface area contributed by atoms with Gasteiger partial charge in [-0.25, -0.2) is 14.4 Å². The smallest absolute Gasteiger partial charge is 0.249 e. The third-order valence-corrected chi connectivity index (χ3v) is 6.76. The van der Waals surface area contributed by atoms with Crippen molar-refractivity contribution in [2.45, 2.75) is 56.7 Å². The van der Waals surface area contributed by atoms with Crippen molar-refractivity contribution in [3.05, 3.63) is 29.3 Å². The zero-order valence-corrected chi connectivity index (χ0v) is 18.0. The Morgan fingerprint density at radius 3 is 3.00 bits per heavy atom. The fourth-order valence-corrected chi connectivity index (χ4v) is 4.88. The van der Waals surface area contributed by atoms with E-state index in [0.717, 1.165) is 47.7 Å². The summed E-state index contributed by atoms with van der Waals surface area (Å²) in [7, 11) is 0. The number of aromatic nitrogens is 6. The van der Waals surface area contributed by atoms with E-state index in [2.05, 4.69) is 30.2 Å². The molecule has 1 aliphatic heterocycles. The van der Waals surface area contributed by atoms with Gasteiger partial charge in [0, 0.05) is 41.2 Å². The highest BCUT2D eigenvalue weighted by Gasteiger charge is 2.39. The fourth-order valence-electron chi connectivity index (χ4n) is 4.45. The number of alkyl halides is 1. The molecule has 0 bridgehead atoms. The van der Waals surface area contributed by atoms with Crippen molar-refractivity contribution in [1.82, 2.24) is 29.5 Å². The number of rotatable bonds is 6. The van der Waals surface area contributed by atoms with Gasteiger partial charge in [0.25, 0.3) is 0 Å². The summed E-state index contributed by atoms with van der Waals surface area (Å²) in [4.78, 5) is 28.0. The number of H-pyrrole nitrogens is 1. The van der Waals surface area contributed by atoms with Crippen LogP contribution in [-0.2, 0) is 17.6 Å². The standard InChI is InChI=1S/C20H22FN9OS/c21-11-6-15(18(31)27-20-22-9-23-32-20)30(8-11)19-24-13-3-1-2-12(13)17(26-19)25-16-7-14(28-29-16)10-4-5-10/h7,9-11,15H,1-6,8H2,(H,22,23,27,31)(H2,24,25,26,28,29). The van der Waals surface area contributed by atoms with Crippen molar-refractivity contribution in [3.8, 4) is 0 Å². The lowest BCUT2D eigenvalue weighted by molar-refractivity contribution is -0.117. The van der Waals surface area contributed by atoms with Crippen LogP contribution in [0.1, 0.15) is 48.6 Å². The molecule has 2 atom stereocenters. The highest BCUT2D eigenvalue weighted by atomic mass is 32.1. The van der Waals surface area contributed by atoms with E-state index >= 15 is 0 Å². The Bertz CT molecular complexity index is 1150. The van der Waals surface area contributed by atoms with E-state index in [4.69, 9.17) is 9.97 Å². The molecule has 166 valence electrons. The van der Waals surface area contributed by atoms with Gasteiger partial charge in [0.1, 0.15) is 24.4 Å². The molecule has 3 aliphatic rings. The summed E-state index contributed by atoms with van der Waals surface area (Å²) in [5, 5.41) is 13.9. The lowest BCUT2D eigenvalue weighted by atomic mass is 10.2. The van der Waals surface area contributed by atoms with Gasteiger partial charge in [-0.3, -0.25) is 15.2 Å². The molecule has 1 saturated carbocycles. The molecule has 2 unspecified atom stereocenters. The number of halogens is 1. The van der Waals surface area contributed by atoms with Gasteiger partial charge in [-0.2, -0.15) is 14.5 Å². The Morgan fingerprint density at radius 2 is 2.19 bits per heavy atom. The highest BCUT2D eigenvalue weighted by Crippen LogP contribution is 2.40. The van der Waals surface area contributed by atoms with Crippen LogP contribution in [-0.4, -0.2) is 54.2 Å². The zero-order valence-electron chi connectivity index (χ0n) is 17.2. The number of nitrogens with zero attached hydrogens (tertiary/aromatic N) is 6. The van der Waals surface area contributed by atoms with Crippen LogP contribution in [0.25, 0.3) is 0 Å². The molecule has 12 heteroatoms. The second-order valence-electron chi connectivity index (χ2n) is 8.50. The molecule has 6 rings (SSSR count). The largest absolute Gasteiger partial charge is 0.326 e. The number of hydrogen-bond donors (Lipinski definition) is 3. The van der Waals surface area contributed by atoms with Gasteiger partial charge >= 0.3 is 0 Å². The van der Waals surface area contributed by atoms with Gasteiger partial charge in [0.15, 0.2) is 5.82 Å². The van der Waals surface area contributed by atoms with Gasteiger partial charge in [-0.15, -0.1) is 0 Å². The third kappa shape index (κ3) is 3.68. The van der Waals surface area contributed by atoms with Crippen molar-refractivity contribution < 1.29 is 9.18 Å². The van der Waals surface area contributed by atoms with Crippen LogP contribution >= 0.6 is 11.5 Å². The molecule has 32 heavy (non-hydrogen) atoms. The highest BCUT2D eigenvalue weighted by molar-refractivity contribution is 7.09. The molecule has 2 fully saturated rings. The monoisotopic (exact) mass is 455 g/mol. The maximum absolute atomic E-state index is 14.4. The predicted octanol–water partition coefficient (Wildman–Crippen LogP) is 2.72. The summed E-state index contributed by atoms with van der Waals surface area (Å²) >= 11 is 1.08. The number of amides is 1. The summed E-state index contributed by atoms with van der Waals surface area (Å²) < 4.78 is 18.3. The predicted molar refractivity (Wildman–Crippen MR) is 117 cm³/mol. The maximum Gasteiger partial charge on any atom is 0.249 e. The number of aromatic amines is 1. The fraction of sp³-hybridized carbons (Fsp3) is 0.500. The number of hydrogen-bond acceptors (Lipinski definition) is 9. The van der Waals surface area contributed by atoms with Gasteiger partial charge in [0.05, 0.1) is 12.2 Å². The lowest BCUT2D eigenvalue weighted by Gasteiger charge is -2.24. The zero-order chi connectivity index (χ0) is 21.7. The van der Waals surface area contributed by atoms with Gasteiger partial charge in [-0.05, 0) is 32.1 Å². The lowest BCUT2D eigenvalue weighted by Crippen LogP contribution is -2.40. The summed E-state index contributed by atoms with van der Waals surface area (Å²) in [6, 6.07) is 1.31. The van der Waals surface area contributed by atoms with E-state index in [1.807, 2.05) is 6.07 Å². The van der Waals surface area contributed by atoms with E-state index in [0.29, 0.717) is 28.6 Å². The number of fused-ring (bicyclic) bond motifs is 1. The Labute approximate surface area is 187 Å². The van der Waals surface area contributed by atoms with Crippen molar-refractivity contribution >= 4 is 40.2 Å². The molecule has 4 heterocycles. The van der Waals surface area contributed by atoms with Crippen LogP contribution in [0.3, 0.4) is 0 Å². The Kier molecular flexibility index (Phi) is 4.74. The second kappa shape index (κ2) is 7.76. The molecule has 3 N–H and O–H groups in total. The van der Waals surface area contributed by atoms with E-state index in [1.165, 1.54) is 19.2 Å². The molecule has 0 spiro atoms. The Hall–Kier alpha value is -3.15. The maximum atomic E-state index is 14.4. The number of carbonyl (C=O) groups is 1. The third-order valence-electron chi connectivity index (χ3n) is 6.18. The van der Waals surface area contributed by atoms with Crippen LogP contribution in [0, 0.1) is 0 Å². The van der Waals surface area contributed by atoms with Gasteiger partial charge < -0.3 is 10.2 Å². The molecule has 2 aliphatic carbocycles. The quantitative estimate of drug-likeness (QED) is 0.518. The molecule has 3 aromatic rings. The summed E-state index contributed by atoms with van der Waals surface area (Å²) in [6.45, 7) is 0.0701. The Morgan fingerprint density at radius 1 is 1.28 bits per heavy atom. The first-order chi connectivity index (χ1) is 15.6. The van der Waals surface area contributed by atoms with Crippen LogP contribution in [0.5, 0.6) is 0 Å². The van der Waals surface area contributed by atoms with Gasteiger partial charge in [-0.1, -0.05) is 0 Å². The van der Waals surface area contributed by atoms with Crippen LogP contribution in [0.15, 0.2) is 12.4 Å². The molecule has 3 aromatic heterocycles. The number of aryl methyl sites for hydroxylation is 1. The number of carbonyl (C=O) groups excluding carboxylic acids is 1. The summed E-state index contributed by atoms with van der Waals surface area (Å²) in [6.07, 6.45) is 5.40. The average Bonchev–Trinajstić information content (AvgIpc) is 3.21. The summed E-state index contributed by atoms with van der Waals surface area (Å²) in [5.41, 5.74) is 3.14. The molecule has 0 aromatic carbocycles. The van der Waals surface area contributed by atoms with Crippen molar-refractivity contribution in [3.63, 3.8) is 0 Å². The summed E-state index contributed by atoms with van der Waals surface area (Å²) in [5.74, 6) is 2.00.